The van der Waals surface area contributed by atoms with Gasteiger partial charge in [-0.1, -0.05) is 169 Å². The van der Waals surface area contributed by atoms with Crippen LogP contribution in [-0.4, -0.2) is 284 Å². The van der Waals surface area contributed by atoms with Crippen LogP contribution >= 0.6 is 11.8 Å². The number of fused-ring (bicyclic) bond motifs is 3. The van der Waals surface area contributed by atoms with E-state index in [2.05, 4.69) is 47.5 Å². The molecule has 13 unspecified atom stereocenters. The maximum atomic E-state index is 15.7. The molecule has 35 nitrogen and oxygen atoms in total. The second kappa shape index (κ2) is 46.5. The molecule has 4 heterocycles. The van der Waals surface area contributed by atoms with E-state index >= 15 is 38.4 Å². The van der Waals surface area contributed by atoms with Crippen molar-refractivity contribution in [3.05, 3.63) is 174 Å². The number of nitrogens with two attached hydrogens (primary N) is 2. The van der Waals surface area contributed by atoms with E-state index in [0.717, 1.165) is 21.6 Å². The number of aromatic amines is 1. The number of carbonyl (C=O) groups excluding carboxylic acids is 15. The zero-order valence-corrected chi connectivity index (χ0v) is 73.9. The number of aromatic hydroxyl groups is 1. The summed E-state index contributed by atoms with van der Waals surface area (Å²) in [6, 6.07) is 20.5. The summed E-state index contributed by atoms with van der Waals surface area (Å²) in [5.74, 6) is -16.4. The van der Waals surface area contributed by atoms with Gasteiger partial charge in [-0.15, -0.1) is 11.8 Å². The van der Waals surface area contributed by atoms with Gasteiger partial charge in [0.05, 0.1) is 25.3 Å². The molecule has 15 N–H and O–H groups in total. The van der Waals surface area contributed by atoms with E-state index in [1.807, 2.05) is 6.92 Å². The van der Waals surface area contributed by atoms with E-state index < -0.39 is 204 Å². The van der Waals surface area contributed by atoms with Crippen molar-refractivity contribution in [2.45, 2.75) is 197 Å². The average molecular weight is 1770 g/mol. The summed E-state index contributed by atoms with van der Waals surface area (Å²) in [6.07, 6.45) is 0.903. The maximum Gasteiger partial charge on any atom is 0.305 e. The van der Waals surface area contributed by atoms with Crippen LogP contribution in [-0.2, 0) is 109 Å². The van der Waals surface area contributed by atoms with E-state index in [1.165, 1.54) is 72.1 Å². The zero-order valence-electron chi connectivity index (χ0n) is 73.1. The molecular formula is C91H119N17O18S. The predicted molar refractivity (Wildman–Crippen MR) is 474 cm³/mol. The number of rotatable bonds is 21. The van der Waals surface area contributed by atoms with Crippen molar-refractivity contribution >= 4 is 117 Å². The summed E-state index contributed by atoms with van der Waals surface area (Å²) in [5, 5.41) is 42.8. The van der Waals surface area contributed by atoms with Crippen molar-refractivity contribution in [2.24, 2.45) is 23.3 Å². The highest BCUT2D eigenvalue weighted by Crippen LogP contribution is 2.30. The molecule has 1 aromatic heterocycles. The lowest BCUT2D eigenvalue weighted by atomic mass is 9.98. The predicted octanol–water partition coefficient (Wildman–Crippen LogP) is 1.35. The van der Waals surface area contributed by atoms with Crippen LogP contribution in [0.25, 0.3) is 10.9 Å². The molecule has 0 radical (unpaired) electrons. The van der Waals surface area contributed by atoms with Crippen molar-refractivity contribution in [3.8, 4) is 5.75 Å². The third-order valence-electron chi connectivity index (χ3n) is 23.0. The van der Waals surface area contributed by atoms with Gasteiger partial charge in [-0.3, -0.25) is 76.7 Å². The Morgan fingerprint density at radius 3 is 1.66 bits per heavy atom. The van der Waals surface area contributed by atoms with E-state index in [1.54, 1.807) is 149 Å². The van der Waals surface area contributed by atoms with Gasteiger partial charge in [0, 0.05) is 102 Å². The Labute approximate surface area is 742 Å². The Kier molecular flexibility index (Phi) is 35.9. The van der Waals surface area contributed by atoms with Crippen molar-refractivity contribution in [1.29, 1.82) is 0 Å². The van der Waals surface area contributed by atoms with E-state index in [9.17, 15) is 48.6 Å². The number of hydrogen-bond acceptors (Lipinski definition) is 19. The van der Waals surface area contributed by atoms with Gasteiger partial charge in [0.1, 0.15) is 78.3 Å². The molecule has 682 valence electrons. The third-order valence-corrected chi connectivity index (χ3v) is 24.1. The van der Waals surface area contributed by atoms with Crippen LogP contribution in [0.4, 0.5) is 0 Å². The topological polar surface area (TPSA) is 497 Å². The zero-order chi connectivity index (χ0) is 92.5. The summed E-state index contributed by atoms with van der Waals surface area (Å²) < 4.78 is 0. The maximum absolute atomic E-state index is 15.7. The first-order valence-corrected chi connectivity index (χ1v) is 44.0. The van der Waals surface area contributed by atoms with E-state index in [4.69, 9.17) is 11.5 Å². The highest BCUT2D eigenvalue weighted by Gasteiger charge is 2.49. The number of nitrogens with zero attached hydrogens (tertiary/aromatic N) is 6. The highest BCUT2D eigenvalue weighted by atomic mass is 32.2. The number of phenolic OH excluding ortho intramolecular Hbond substituents is 1. The standard InChI is InChI=1S/C91H119N17O18S/c1-10-11-32-71-87(122)103(6)50-76(111)96-67(46-78(113)114)84(119)102-79(54(4)5)91(126)106(9)73(43-57-28-19-14-20-29-57)89(124)108-49-60(92)45-74(108)90(125)107-38-23-33-70(107)85(120)100-66(44-59-47-94-63-31-22-21-30-62(59)63)83(118)99-65(40-58-34-36-61(109)37-35-58)82(117)98-64(39-53(2)3)81(116)101-69(80(115)95-48-75(93)110)51-127-52-77(112)97-68(41-55-24-15-12-16-25-55)86(121)105(8)72(88(123)104(71)7)42-56-26-17-13-18-27-56/h12-22,24-31,34-37,47,53-54,60,64-74,79,94,109H,10-11,23,32-33,38-46,48-52,92H2,1-9H3,(H2,93,110)(H,95,115)(H,96,111)(H,97,112)(H,98,117)(H,99,118)(H,100,120)(H,101,116)(H,102,119)(H,113,114). The summed E-state index contributed by atoms with van der Waals surface area (Å²) in [5.41, 5.74) is 15.6. The lowest BCUT2D eigenvalue weighted by Gasteiger charge is -2.37. The summed E-state index contributed by atoms with van der Waals surface area (Å²) >= 11 is 0.840. The number of thioether (sulfide) groups is 1. The van der Waals surface area contributed by atoms with Crippen molar-refractivity contribution in [3.63, 3.8) is 0 Å². The number of likely N-dealkylation sites (N-methyl/N-ethyl adjacent to an activating group) is 4. The first kappa shape index (κ1) is 98.1. The number of hydrogen-bond donors (Lipinski definition) is 13. The van der Waals surface area contributed by atoms with Crippen molar-refractivity contribution in [2.75, 3.05) is 65.9 Å². The SMILES string of the molecule is CCCCC1C(=O)N(C)CC(=O)NC(CC(=O)O)C(=O)NC(C(C)C)C(=O)N(C)C(Cc2ccccc2)C(=O)N2CC(N)CC2C(=O)N2CCCC2C(=O)NC(Cc2c[nH]c3ccccc23)C(=O)NC(Cc2ccc(O)cc2)C(=O)NC(CC(C)C)C(=O)NC(C(=O)NCC(N)=O)CSCC(=O)NC(Cc2ccccc2)C(=O)N(C)C(Cc2ccccc2)C(=O)N1C. The molecule has 3 aliphatic heterocycles. The number of nitrogens with one attached hydrogen (secondary N) is 9. The number of H-pyrrole nitrogens is 1. The van der Waals surface area contributed by atoms with Gasteiger partial charge in [0.15, 0.2) is 0 Å². The number of unbranched alkanes of at least 4 members (excludes halogenated alkanes) is 1. The van der Waals surface area contributed by atoms with Crippen molar-refractivity contribution in [1.82, 2.24) is 76.9 Å². The first-order valence-electron chi connectivity index (χ1n) is 42.8. The minimum absolute atomic E-state index is 0.00532. The number of para-hydroxylation sites is 1. The Bertz CT molecular complexity index is 4890. The van der Waals surface area contributed by atoms with Gasteiger partial charge in [0.2, 0.25) is 88.6 Å². The van der Waals surface area contributed by atoms with Gasteiger partial charge < -0.3 is 98.6 Å². The minimum atomic E-state index is -1.88. The Balaban J connectivity index is 1.11. The van der Waals surface area contributed by atoms with Crippen LogP contribution in [0.3, 0.4) is 0 Å². The average Bonchev–Trinajstić information content (AvgIpc) is 1.58. The number of carboxylic acid groups (broad SMARTS) is 1. The number of aliphatic carboxylic acids is 1. The summed E-state index contributed by atoms with van der Waals surface area (Å²) in [7, 11) is 5.36. The molecule has 5 aromatic carbocycles. The Hall–Kier alpha value is -12.7. The second-order valence-corrected chi connectivity index (χ2v) is 34.6. The number of carboxylic acids is 1. The number of primary amides is 1. The monoisotopic (exact) mass is 1770 g/mol. The molecule has 127 heavy (non-hydrogen) atoms. The Morgan fingerprint density at radius 1 is 0.535 bits per heavy atom. The number of aromatic nitrogens is 1. The molecule has 13 atom stereocenters. The van der Waals surface area contributed by atoms with Gasteiger partial charge in [-0.05, 0) is 90.0 Å². The third kappa shape index (κ3) is 27.4. The molecule has 3 aliphatic rings. The van der Waals surface area contributed by atoms with Crippen LogP contribution < -0.4 is 54.0 Å². The molecule has 3 fully saturated rings. The van der Waals surface area contributed by atoms with Gasteiger partial charge in [-0.2, -0.15) is 0 Å². The molecule has 3 saturated heterocycles. The Morgan fingerprint density at radius 2 is 1.06 bits per heavy atom. The molecule has 9 rings (SSSR count). The minimum Gasteiger partial charge on any atom is -0.508 e. The van der Waals surface area contributed by atoms with Gasteiger partial charge in [0.25, 0.3) is 0 Å². The second-order valence-electron chi connectivity index (χ2n) is 33.6. The normalized spacial score (nSPS) is 24.2. The molecular weight excluding hydrogens is 1650 g/mol. The fraction of sp³-hybridized carbons (Fsp3) is 0.473. The molecule has 36 heteroatoms. The highest BCUT2D eigenvalue weighted by molar-refractivity contribution is 8.00. The quantitative estimate of drug-likeness (QED) is 0.0484. The first-order chi connectivity index (χ1) is 60.5. The van der Waals surface area contributed by atoms with Crippen LogP contribution in [0.5, 0.6) is 5.75 Å². The fourth-order valence-electron chi connectivity index (χ4n) is 16.1. The van der Waals surface area contributed by atoms with Crippen LogP contribution in [0.15, 0.2) is 146 Å². The van der Waals surface area contributed by atoms with Gasteiger partial charge in [-0.25, -0.2) is 0 Å². The van der Waals surface area contributed by atoms with Crippen LogP contribution in [0.2, 0.25) is 0 Å². The summed E-state index contributed by atoms with van der Waals surface area (Å²) in [6.45, 7) is 6.90. The molecule has 15 amide bonds. The molecule has 0 bridgehead atoms. The summed E-state index contributed by atoms with van der Waals surface area (Å²) in [4.78, 5) is 246. The number of carbonyl (C=O) groups is 16. The lowest BCUT2D eigenvalue weighted by molar-refractivity contribution is -0.152. The van der Waals surface area contributed by atoms with Crippen LogP contribution in [0.1, 0.15) is 114 Å². The molecule has 0 saturated carbocycles. The molecule has 0 spiro atoms. The van der Waals surface area contributed by atoms with E-state index in [0.29, 0.717) is 51.6 Å². The fourth-order valence-corrected chi connectivity index (χ4v) is 17.0. The number of phenols is 1. The molecule has 0 aliphatic carbocycles. The van der Waals surface area contributed by atoms with E-state index in [-0.39, 0.29) is 94.7 Å². The van der Waals surface area contributed by atoms with Gasteiger partial charge >= 0.3 is 5.97 Å². The van der Waals surface area contributed by atoms with Crippen molar-refractivity contribution < 1.29 is 86.9 Å². The van der Waals surface area contributed by atoms with Crippen LogP contribution in [0, 0.1) is 11.8 Å². The largest absolute Gasteiger partial charge is 0.508 e. The smallest absolute Gasteiger partial charge is 0.305 e. The lowest BCUT2D eigenvalue weighted by Crippen LogP contribution is -2.61. The number of benzene rings is 5. The number of amides is 15. The molecule has 6 aromatic rings.